The van der Waals surface area contributed by atoms with Crippen LogP contribution in [-0.4, -0.2) is 35.9 Å². The number of anilines is 1. The summed E-state index contributed by atoms with van der Waals surface area (Å²) in [6, 6.07) is 7.73. The van der Waals surface area contributed by atoms with Gasteiger partial charge in [0.05, 0.1) is 0 Å². The maximum atomic E-state index is 11.9. The molecule has 1 aromatic rings. The number of nitrogens with zero attached hydrogens (tertiary/aromatic N) is 1. The number of nitrogens with one attached hydrogen (secondary N) is 2. The quantitative estimate of drug-likeness (QED) is 0.480. The first-order valence-corrected chi connectivity index (χ1v) is 9.73. The molecule has 6 heteroatoms. The summed E-state index contributed by atoms with van der Waals surface area (Å²) >= 11 is 5.21. The number of hydrogen-bond donors (Lipinski definition) is 2. The van der Waals surface area contributed by atoms with Gasteiger partial charge >= 0.3 is 0 Å². The summed E-state index contributed by atoms with van der Waals surface area (Å²) in [5, 5.41) is 6.07. The predicted molar refractivity (Wildman–Crippen MR) is 111 cm³/mol. The fourth-order valence-corrected chi connectivity index (χ4v) is 2.75. The molecule has 0 unspecified atom stereocenters. The average Bonchev–Trinajstić information content (AvgIpc) is 2.59. The molecule has 2 amide bonds. The summed E-state index contributed by atoms with van der Waals surface area (Å²) < 4.78 is 0. The average molecular weight is 378 g/mol. The fraction of sp³-hybridized carbons (Fsp3) is 0.550. The van der Waals surface area contributed by atoms with Gasteiger partial charge < -0.3 is 15.5 Å². The molecule has 144 valence electrons. The molecule has 0 fully saturated rings. The van der Waals surface area contributed by atoms with E-state index in [2.05, 4.69) is 17.6 Å². The topological polar surface area (TPSA) is 61.4 Å². The summed E-state index contributed by atoms with van der Waals surface area (Å²) in [7, 11) is 3.51. The van der Waals surface area contributed by atoms with E-state index in [0.717, 1.165) is 24.1 Å². The number of unbranched alkanes of at least 4 members (excludes halogenated alkanes) is 4. The Labute approximate surface area is 162 Å². The van der Waals surface area contributed by atoms with Crippen molar-refractivity contribution in [2.45, 2.75) is 58.3 Å². The van der Waals surface area contributed by atoms with Crippen molar-refractivity contribution in [3.8, 4) is 0 Å². The Balaban J connectivity index is 2.38. The molecule has 0 saturated heterocycles. The molecule has 0 heterocycles. The first kappa shape index (κ1) is 22.1. The lowest BCUT2D eigenvalue weighted by Crippen LogP contribution is -2.33. The van der Waals surface area contributed by atoms with E-state index in [9.17, 15) is 9.59 Å². The third-order valence-electron chi connectivity index (χ3n) is 4.07. The number of hydrogen-bond acceptors (Lipinski definition) is 3. The Hall–Kier alpha value is -1.95. The van der Waals surface area contributed by atoms with Gasteiger partial charge in [0, 0.05) is 32.6 Å². The summed E-state index contributed by atoms with van der Waals surface area (Å²) in [4.78, 5) is 25.2. The lowest BCUT2D eigenvalue weighted by atomic mass is 10.1. The highest BCUT2D eigenvalue weighted by molar-refractivity contribution is 7.80. The van der Waals surface area contributed by atoms with Crippen molar-refractivity contribution in [2.24, 2.45) is 0 Å². The highest BCUT2D eigenvalue weighted by atomic mass is 32.1. The number of thiocarbonyl (C=S) groups is 1. The van der Waals surface area contributed by atoms with Crippen LogP contribution in [-0.2, 0) is 16.0 Å². The van der Waals surface area contributed by atoms with Crippen molar-refractivity contribution in [3.05, 3.63) is 29.8 Å². The van der Waals surface area contributed by atoms with Crippen LogP contribution in [0.1, 0.15) is 57.4 Å². The van der Waals surface area contributed by atoms with Gasteiger partial charge in [0.1, 0.15) is 0 Å². The molecule has 0 aliphatic carbocycles. The molecule has 1 aromatic carbocycles. The molecule has 1 rings (SSSR count). The van der Waals surface area contributed by atoms with E-state index in [-0.39, 0.29) is 11.8 Å². The Kier molecular flexibility index (Phi) is 10.5. The van der Waals surface area contributed by atoms with Crippen LogP contribution in [0.3, 0.4) is 0 Å². The predicted octanol–water partition coefficient (Wildman–Crippen LogP) is 3.88. The Morgan fingerprint density at radius 3 is 2.50 bits per heavy atom. The molecule has 0 radical (unpaired) electrons. The second-order valence-corrected chi connectivity index (χ2v) is 7.06. The number of benzene rings is 1. The highest BCUT2D eigenvalue weighted by Crippen LogP contribution is 2.13. The molecule has 26 heavy (non-hydrogen) atoms. The van der Waals surface area contributed by atoms with Crippen molar-refractivity contribution in [3.63, 3.8) is 0 Å². The van der Waals surface area contributed by atoms with Gasteiger partial charge in [-0.05, 0) is 42.8 Å². The minimum atomic E-state index is -0.0493. The molecular formula is C20H31N3O2S. The lowest BCUT2D eigenvalue weighted by Gasteiger charge is -2.12. The molecule has 0 aromatic heterocycles. The summed E-state index contributed by atoms with van der Waals surface area (Å²) in [6.07, 6.45) is 7.20. The fourth-order valence-electron chi connectivity index (χ4n) is 2.52. The molecule has 0 aliphatic heterocycles. The van der Waals surface area contributed by atoms with Crippen LogP contribution in [0.25, 0.3) is 0 Å². The van der Waals surface area contributed by atoms with Gasteiger partial charge in [0.25, 0.3) is 0 Å². The van der Waals surface area contributed by atoms with Gasteiger partial charge in [-0.2, -0.15) is 0 Å². The van der Waals surface area contributed by atoms with Crippen molar-refractivity contribution < 1.29 is 9.59 Å². The zero-order valence-corrected chi connectivity index (χ0v) is 17.0. The van der Waals surface area contributed by atoms with E-state index < -0.39 is 0 Å². The largest absolute Gasteiger partial charge is 0.349 e. The van der Waals surface area contributed by atoms with E-state index in [0.29, 0.717) is 24.4 Å². The minimum absolute atomic E-state index is 0.0493. The zero-order valence-electron chi connectivity index (χ0n) is 16.1. The first-order chi connectivity index (χ1) is 12.4. The molecule has 5 nitrogen and oxygen atoms in total. The van der Waals surface area contributed by atoms with Gasteiger partial charge in [0.2, 0.25) is 11.8 Å². The smallest absolute Gasteiger partial charge is 0.226 e. The number of carbonyl (C=O) groups is 2. The first-order valence-electron chi connectivity index (χ1n) is 9.32. The number of rotatable bonds is 10. The molecule has 2 N–H and O–H groups in total. The van der Waals surface area contributed by atoms with Gasteiger partial charge in [-0.3, -0.25) is 9.59 Å². The molecule has 0 bridgehead atoms. The van der Waals surface area contributed by atoms with Gasteiger partial charge in [-0.15, -0.1) is 0 Å². The van der Waals surface area contributed by atoms with Crippen molar-refractivity contribution in [1.29, 1.82) is 0 Å². The van der Waals surface area contributed by atoms with Crippen LogP contribution in [0.5, 0.6) is 0 Å². The molecule has 0 spiro atoms. The van der Waals surface area contributed by atoms with E-state index in [1.807, 2.05) is 24.3 Å². The lowest BCUT2D eigenvalue weighted by molar-refractivity contribution is -0.128. The van der Waals surface area contributed by atoms with Crippen molar-refractivity contribution in [1.82, 2.24) is 10.2 Å². The maximum absolute atomic E-state index is 11.9. The summed E-state index contributed by atoms with van der Waals surface area (Å²) in [6.45, 7) is 2.17. The van der Waals surface area contributed by atoms with Gasteiger partial charge in [0.15, 0.2) is 5.11 Å². The van der Waals surface area contributed by atoms with Crippen LogP contribution in [0.15, 0.2) is 24.3 Å². The second-order valence-electron chi connectivity index (χ2n) is 6.66. The van der Waals surface area contributed by atoms with Crippen LogP contribution in [0, 0.1) is 0 Å². The molecular weight excluding hydrogens is 346 g/mol. The summed E-state index contributed by atoms with van der Waals surface area (Å²) in [5.74, 6) is 0.0526. The SMILES string of the molecule is CCCCCCCC(=O)NC(=S)Nc1cccc(CCC(=O)N(C)C)c1. The highest BCUT2D eigenvalue weighted by Gasteiger charge is 2.07. The third kappa shape index (κ3) is 9.51. The van der Waals surface area contributed by atoms with Crippen molar-refractivity contribution in [2.75, 3.05) is 19.4 Å². The Bertz CT molecular complexity index is 602. The molecule has 0 saturated carbocycles. The van der Waals surface area contributed by atoms with Gasteiger partial charge in [-0.25, -0.2) is 0 Å². The second kappa shape index (κ2) is 12.4. The van der Waals surface area contributed by atoms with Crippen LogP contribution < -0.4 is 10.6 Å². The number of carbonyl (C=O) groups excluding carboxylic acids is 2. The van der Waals surface area contributed by atoms with E-state index in [4.69, 9.17) is 12.2 Å². The standard InChI is InChI=1S/C20H31N3O2S/c1-4-5-6-7-8-12-18(24)22-20(26)21-17-11-9-10-16(15-17)13-14-19(25)23(2)3/h9-11,15H,4-8,12-14H2,1-3H3,(H2,21,22,24,26). The van der Waals surface area contributed by atoms with Crippen LogP contribution >= 0.6 is 12.2 Å². The van der Waals surface area contributed by atoms with E-state index in [1.54, 1.807) is 19.0 Å². The molecule has 0 atom stereocenters. The van der Waals surface area contributed by atoms with Gasteiger partial charge in [-0.1, -0.05) is 44.7 Å². The monoisotopic (exact) mass is 377 g/mol. The minimum Gasteiger partial charge on any atom is -0.349 e. The maximum Gasteiger partial charge on any atom is 0.226 e. The zero-order chi connectivity index (χ0) is 19.4. The normalized spacial score (nSPS) is 10.3. The number of aryl methyl sites for hydroxylation is 1. The molecule has 0 aliphatic rings. The number of amides is 2. The third-order valence-corrected chi connectivity index (χ3v) is 4.28. The van der Waals surface area contributed by atoms with E-state index >= 15 is 0 Å². The van der Waals surface area contributed by atoms with E-state index in [1.165, 1.54) is 19.3 Å². The van der Waals surface area contributed by atoms with Crippen LogP contribution in [0.4, 0.5) is 5.69 Å². The van der Waals surface area contributed by atoms with Crippen LogP contribution in [0.2, 0.25) is 0 Å². The summed E-state index contributed by atoms with van der Waals surface area (Å²) in [5.41, 5.74) is 1.86. The van der Waals surface area contributed by atoms with Crippen molar-refractivity contribution >= 4 is 34.8 Å². The Morgan fingerprint density at radius 2 is 1.81 bits per heavy atom. The Morgan fingerprint density at radius 1 is 1.08 bits per heavy atom.